The number of amides is 1. The molecule has 32 heavy (non-hydrogen) atoms. The molecule has 2 heterocycles. The van der Waals surface area contributed by atoms with Crippen molar-refractivity contribution in [2.75, 3.05) is 0 Å². The van der Waals surface area contributed by atoms with Gasteiger partial charge in [-0.2, -0.15) is 0 Å². The number of hydrogen-bond acceptors (Lipinski definition) is 5. The van der Waals surface area contributed by atoms with Gasteiger partial charge in [-0.05, 0) is 46.0 Å². The molecule has 4 aromatic rings. The van der Waals surface area contributed by atoms with E-state index in [4.69, 9.17) is 0 Å². The van der Waals surface area contributed by atoms with Crippen LogP contribution in [-0.4, -0.2) is 26.8 Å². The number of hydrogen-bond donors (Lipinski definition) is 2. The Balaban J connectivity index is 1.67. The number of phenolic OH excluding ortho intramolecular Hbond substituents is 1. The summed E-state index contributed by atoms with van der Waals surface area (Å²) in [6.45, 7) is 0.252. The number of carbonyl (C=O) groups excluding carboxylic acids is 2. The molecule has 1 unspecified atom stereocenters. The van der Waals surface area contributed by atoms with Crippen molar-refractivity contribution in [3.05, 3.63) is 106 Å². The fourth-order valence-electron chi connectivity index (χ4n) is 4.11. The summed E-state index contributed by atoms with van der Waals surface area (Å²) in [6, 6.07) is 22.6. The molecule has 0 spiro atoms. The Kier molecular flexibility index (Phi) is 4.99. The summed E-state index contributed by atoms with van der Waals surface area (Å²) in [5, 5.41) is 24.8. The van der Waals surface area contributed by atoms with Gasteiger partial charge < -0.3 is 15.1 Å². The van der Waals surface area contributed by atoms with Crippen LogP contribution in [0.1, 0.15) is 22.0 Å². The predicted octanol–water partition coefficient (Wildman–Crippen LogP) is 5.23. The maximum absolute atomic E-state index is 13.1. The van der Waals surface area contributed by atoms with Crippen LogP contribution < -0.4 is 0 Å². The maximum atomic E-state index is 13.1. The minimum Gasteiger partial charge on any atom is -0.508 e. The highest BCUT2D eigenvalue weighted by Crippen LogP contribution is 2.41. The fraction of sp³-hybridized carbons (Fsp3) is 0.0769. The fourth-order valence-corrected chi connectivity index (χ4v) is 4.81. The van der Waals surface area contributed by atoms with Gasteiger partial charge in [0.1, 0.15) is 11.5 Å². The lowest BCUT2D eigenvalue weighted by atomic mass is 9.94. The Hall–Kier alpha value is -3.90. The number of aliphatic hydroxyl groups excluding tert-OH is 1. The SMILES string of the molecule is O=C1C(=O)N(Cc2cccs2)C(c2ccc(O)cc2)/C1=C(/O)c1ccc2ccccc2c1. The summed E-state index contributed by atoms with van der Waals surface area (Å²) in [6.07, 6.45) is 0. The molecule has 1 aliphatic heterocycles. The first kappa shape index (κ1) is 20.0. The Morgan fingerprint density at radius 3 is 2.38 bits per heavy atom. The van der Waals surface area contributed by atoms with Gasteiger partial charge in [0, 0.05) is 10.4 Å². The van der Waals surface area contributed by atoms with Gasteiger partial charge in [-0.3, -0.25) is 9.59 Å². The number of phenols is 1. The molecule has 0 aliphatic carbocycles. The minimum absolute atomic E-state index is 0.0486. The number of rotatable bonds is 4. The molecule has 3 aromatic carbocycles. The first-order chi connectivity index (χ1) is 15.5. The number of carbonyl (C=O) groups is 2. The molecular weight excluding hydrogens is 422 g/mol. The molecule has 5 rings (SSSR count). The number of aliphatic hydroxyl groups is 1. The molecule has 0 radical (unpaired) electrons. The molecule has 1 aliphatic rings. The summed E-state index contributed by atoms with van der Waals surface area (Å²) in [5.74, 6) is -1.50. The Morgan fingerprint density at radius 1 is 0.906 bits per heavy atom. The number of likely N-dealkylation sites (tertiary alicyclic amines) is 1. The van der Waals surface area contributed by atoms with Crippen molar-refractivity contribution < 1.29 is 19.8 Å². The topological polar surface area (TPSA) is 77.8 Å². The van der Waals surface area contributed by atoms with Crippen molar-refractivity contribution in [3.8, 4) is 5.75 Å². The molecule has 158 valence electrons. The van der Waals surface area contributed by atoms with Gasteiger partial charge in [0.2, 0.25) is 0 Å². The number of nitrogens with zero attached hydrogens (tertiary/aromatic N) is 1. The third-order valence-corrected chi connectivity index (χ3v) is 6.54. The zero-order valence-corrected chi connectivity index (χ0v) is 17.8. The van der Waals surface area contributed by atoms with Crippen molar-refractivity contribution in [3.63, 3.8) is 0 Å². The normalized spacial score (nSPS) is 17.9. The third-order valence-electron chi connectivity index (χ3n) is 5.68. The van der Waals surface area contributed by atoms with Crippen LogP contribution in [0.3, 0.4) is 0 Å². The van der Waals surface area contributed by atoms with Gasteiger partial charge in [0.05, 0.1) is 18.2 Å². The monoisotopic (exact) mass is 441 g/mol. The lowest BCUT2D eigenvalue weighted by molar-refractivity contribution is -0.140. The van der Waals surface area contributed by atoms with Crippen LogP contribution in [0.25, 0.3) is 16.5 Å². The Bertz CT molecular complexity index is 1360. The molecule has 0 saturated carbocycles. The number of benzene rings is 3. The van der Waals surface area contributed by atoms with Crippen LogP contribution in [0.5, 0.6) is 5.75 Å². The molecule has 2 N–H and O–H groups in total. The van der Waals surface area contributed by atoms with Gasteiger partial charge in [-0.15, -0.1) is 11.3 Å². The highest BCUT2D eigenvalue weighted by Gasteiger charge is 2.46. The van der Waals surface area contributed by atoms with E-state index in [9.17, 15) is 19.8 Å². The quantitative estimate of drug-likeness (QED) is 0.258. The number of Topliss-reactive ketones (excluding diaryl/α,β-unsaturated/α-hetero) is 1. The smallest absolute Gasteiger partial charge is 0.295 e. The highest BCUT2D eigenvalue weighted by atomic mass is 32.1. The average molecular weight is 442 g/mol. The summed E-state index contributed by atoms with van der Waals surface area (Å²) in [5.41, 5.74) is 1.16. The summed E-state index contributed by atoms with van der Waals surface area (Å²) >= 11 is 1.50. The highest BCUT2D eigenvalue weighted by molar-refractivity contribution is 7.09. The van der Waals surface area contributed by atoms with Crippen molar-refractivity contribution in [1.82, 2.24) is 4.90 Å². The standard InChI is InChI=1S/C26H19NO4S/c28-20-11-9-17(10-12-20)23-22(25(30)26(31)27(23)15-21-6-3-13-32-21)24(29)19-8-7-16-4-1-2-5-18(16)14-19/h1-14,23,28-29H,15H2/b24-22-. The van der Waals surface area contributed by atoms with E-state index in [1.807, 2.05) is 53.9 Å². The number of thiophene rings is 1. The van der Waals surface area contributed by atoms with Crippen molar-refractivity contribution in [2.45, 2.75) is 12.6 Å². The first-order valence-electron chi connectivity index (χ1n) is 10.1. The zero-order valence-electron chi connectivity index (χ0n) is 16.9. The van der Waals surface area contributed by atoms with Gasteiger partial charge >= 0.3 is 0 Å². The second kappa shape index (κ2) is 7.98. The third kappa shape index (κ3) is 3.44. The second-order valence-corrected chi connectivity index (χ2v) is 8.69. The Morgan fingerprint density at radius 2 is 1.66 bits per heavy atom. The van der Waals surface area contributed by atoms with Crippen molar-refractivity contribution in [1.29, 1.82) is 0 Å². The van der Waals surface area contributed by atoms with Crippen LogP contribution in [0, 0.1) is 0 Å². The first-order valence-corrected chi connectivity index (χ1v) is 11.0. The van der Waals surface area contributed by atoms with Crippen LogP contribution in [0.15, 0.2) is 89.8 Å². The van der Waals surface area contributed by atoms with E-state index in [-0.39, 0.29) is 23.6 Å². The second-order valence-electron chi connectivity index (χ2n) is 7.66. The minimum atomic E-state index is -0.760. The lowest BCUT2D eigenvalue weighted by Gasteiger charge is -2.25. The van der Waals surface area contributed by atoms with Crippen molar-refractivity contribution >= 4 is 39.6 Å². The van der Waals surface area contributed by atoms with Gasteiger partial charge in [-0.1, -0.05) is 54.6 Å². The zero-order chi connectivity index (χ0) is 22.2. The van der Waals surface area contributed by atoms with E-state index in [0.717, 1.165) is 15.6 Å². The molecule has 6 heteroatoms. The van der Waals surface area contributed by atoms with Crippen LogP contribution in [0.2, 0.25) is 0 Å². The maximum Gasteiger partial charge on any atom is 0.295 e. The van der Waals surface area contributed by atoms with Crippen molar-refractivity contribution in [2.24, 2.45) is 0 Å². The number of aromatic hydroxyl groups is 1. The molecule has 1 atom stereocenters. The van der Waals surface area contributed by atoms with Crippen LogP contribution in [0.4, 0.5) is 0 Å². The van der Waals surface area contributed by atoms with E-state index in [0.29, 0.717) is 11.1 Å². The van der Waals surface area contributed by atoms with Gasteiger partial charge in [-0.25, -0.2) is 0 Å². The van der Waals surface area contributed by atoms with Gasteiger partial charge in [0.15, 0.2) is 0 Å². The van der Waals surface area contributed by atoms with E-state index in [2.05, 4.69) is 0 Å². The van der Waals surface area contributed by atoms with Crippen LogP contribution >= 0.6 is 11.3 Å². The summed E-state index contributed by atoms with van der Waals surface area (Å²) in [4.78, 5) is 28.6. The van der Waals surface area contributed by atoms with E-state index < -0.39 is 17.7 Å². The molecule has 1 amide bonds. The molecule has 5 nitrogen and oxygen atoms in total. The predicted molar refractivity (Wildman–Crippen MR) is 124 cm³/mol. The van der Waals surface area contributed by atoms with E-state index >= 15 is 0 Å². The molecular formula is C26H19NO4S. The number of fused-ring (bicyclic) bond motifs is 1. The summed E-state index contributed by atoms with van der Waals surface area (Å²) < 4.78 is 0. The van der Waals surface area contributed by atoms with E-state index in [1.54, 1.807) is 18.2 Å². The summed E-state index contributed by atoms with van der Waals surface area (Å²) in [7, 11) is 0. The van der Waals surface area contributed by atoms with Gasteiger partial charge in [0.25, 0.3) is 11.7 Å². The lowest BCUT2D eigenvalue weighted by Crippen LogP contribution is -2.28. The van der Waals surface area contributed by atoms with Crippen LogP contribution in [-0.2, 0) is 16.1 Å². The molecule has 1 aromatic heterocycles. The molecule has 0 bridgehead atoms. The average Bonchev–Trinajstić information content (AvgIpc) is 3.41. The molecule has 1 saturated heterocycles. The number of ketones is 1. The molecule has 1 fully saturated rings. The Labute approximate surface area is 188 Å². The van der Waals surface area contributed by atoms with E-state index in [1.165, 1.54) is 28.4 Å². The largest absolute Gasteiger partial charge is 0.508 e.